The standard InChI is InChI=1S/C40H76NO12P/c1-3-5-7-9-11-13-15-16-18-19-21-23-25-27-31(42)29-34(44)41-32(33(43)28-26-24-22-20-17-14-12-10-8-6-4-2)30-52-54(50,51)53-40-38(48)36(46)35(45)37(47)39(40)49/h11,13,15-16,31-33,35-40,42-43,45-49H,3-10,12,14,17-30H2,1-2H3,(H,41,44)(H,50,51)/b13-11-,16-15-. The van der Waals surface area contributed by atoms with Crippen molar-refractivity contribution in [2.45, 2.75) is 216 Å². The second-order valence-electron chi connectivity index (χ2n) is 15.1. The summed E-state index contributed by atoms with van der Waals surface area (Å²) < 4.78 is 22.8. The SMILES string of the molecule is CCCCC/C=C\C=C/CCCCCCC(O)CC(=O)NC(COP(=O)(O)OC1C(O)C(O)C(O)C(O)C1O)C(O)CCCCCCCCCCCCC. The van der Waals surface area contributed by atoms with E-state index in [1.54, 1.807) is 0 Å². The molecule has 1 saturated carbocycles. The highest BCUT2D eigenvalue weighted by Gasteiger charge is 2.51. The molecule has 0 aromatic heterocycles. The van der Waals surface area contributed by atoms with Crippen LogP contribution in [0.2, 0.25) is 0 Å². The molecule has 1 fully saturated rings. The van der Waals surface area contributed by atoms with Crippen molar-refractivity contribution >= 4 is 13.7 Å². The van der Waals surface area contributed by atoms with E-state index in [4.69, 9.17) is 9.05 Å². The van der Waals surface area contributed by atoms with Crippen molar-refractivity contribution in [3.8, 4) is 0 Å². The first kappa shape index (κ1) is 50.8. The molecule has 0 aromatic carbocycles. The summed E-state index contributed by atoms with van der Waals surface area (Å²) in [6.07, 6.45) is 16.7. The van der Waals surface area contributed by atoms with Crippen LogP contribution >= 0.6 is 7.82 Å². The number of carbonyl (C=O) groups is 1. The zero-order chi connectivity index (χ0) is 40.2. The highest BCUT2D eigenvalue weighted by atomic mass is 31.2. The van der Waals surface area contributed by atoms with Crippen LogP contribution in [-0.2, 0) is 18.4 Å². The van der Waals surface area contributed by atoms with Crippen molar-refractivity contribution in [2.24, 2.45) is 0 Å². The van der Waals surface area contributed by atoms with Crippen LogP contribution in [0.25, 0.3) is 0 Å². The van der Waals surface area contributed by atoms with Gasteiger partial charge in [0.25, 0.3) is 0 Å². The van der Waals surface area contributed by atoms with Crippen LogP contribution in [0.1, 0.15) is 162 Å². The molecule has 1 aliphatic carbocycles. The second kappa shape index (κ2) is 30.9. The molecule has 14 heteroatoms. The molecule has 0 bridgehead atoms. The Morgan fingerprint density at radius 3 is 1.61 bits per heavy atom. The van der Waals surface area contributed by atoms with Gasteiger partial charge in [-0.3, -0.25) is 13.8 Å². The van der Waals surface area contributed by atoms with Crippen LogP contribution in [0.3, 0.4) is 0 Å². The number of nitrogens with one attached hydrogen (secondary N) is 1. The fourth-order valence-corrected chi connectivity index (χ4v) is 7.55. The largest absolute Gasteiger partial charge is 0.472 e. The fourth-order valence-electron chi connectivity index (χ4n) is 6.59. The molecular formula is C40H76NO12P. The van der Waals surface area contributed by atoms with E-state index in [-0.39, 0.29) is 12.8 Å². The number of hydrogen-bond donors (Lipinski definition) is 9. The normalized spacial score (nSPS) is 24.9. The number of allylic oxidation sites excluding steroid dienone is 4. The molecule has 1 aliphatic rings. The Bertz CT molecular complexity index is 1030. The summed E-state index contributed by atoms with van der Waals surface area (Å²) >= 11 is 0. The van der Waals surface area contributed by atoms with Gasteiger partial charge in [-0.2, -0.15) is 0 Å². The van der Waals surface area contributed by atoms with E-state index in [2.05, 4.69) is 43.5 Å². The Kier molecular flexibility index (Phi) is 29.0. The van der Waals surface area contributed by atoms with E-state index < -0.39 is 75.2 Å². The first-order valence-corrected chi connectivity index (χ1v) is 22.4. The maximum atomic E-state index is 12.9. The highest BCUT2D eigenvalue weighted by molar-refractivity contribution is 7.47. The third-order valence-corrected chi connectivity index (χ3v) is 11.1. The molecule has 0 radical (unpaired) electrons. The molecule has 0 aromatic rings. The Hall–Kier alpha value is -1.22. The van der Waals surface area contributed by atoms with Crippen molar-refractivity contribution in [1.82, 2.24) is 5.32 Å². The lowest BCUT2D eigenvalue weighted by atomic mass is 9.85. The van der Waals surface area contributed by atoms with Gasteiger partial charge in [0.15, 0.2) is 0 Å². The van der Waals surface area contributed by atoms with Gasteiger partial charge in [0.05, 0.1) is 31.3 Å². The summed E-state index contributed by atoms with van der Waals surface area (Å²) in [4.78, 5) is 23.3. The number of aliphatic hydroxyl groups is 7. The molecular weight excluding hydrogens is 717 g/mol. The van der Waals surface area contributed by atoms with Crippen molar-refractivity contribution in [2.75, 3.05) is 6.61 Å². The summed E-state index contributed by atoms with van der Waals surface area (Å²) in [7, 11) is -5.11. The molecule has 54 heavy (non-hydrogen) atoms. The van der Waals surface area contributed by atoms with Gasteiger partial charge in [0.2, 0.25) is 5.91 Å². The molecule has 8 atom stereocenters. The molecule has 1 rings (SSSR count). The predicted octanol–water partition coefficient (Wildman–Crippen LogP) is 5.64. The maximum Gasteiger partial charge on any atom is 0.472 e. The van der Waals surface area contributed by atoms with Gasteiger partial charge < -0.3 is 46.0 Å². The van der Waals surface area contributed by atoms with Crippen LogP contribution in [0.5, 0.6) is 0 Å². The Labute approximate surface area is 324 Å². The molecule has 13 nitrogen and oxygen atoms in total. The number of phosphoric ester groups is 1. The van der Waals surface area contributed by atoms with Crippen LogP contribution in [0, 0.1) is 0 Å². The molecule has 8 unspecified atom stereocenters. The second-order valence-corrected chi connectivity index (χ2v) is 16.5. The number of rotatable bonds is 33. The first-order chi connectivity index (χ1) is 25.8. The number of carbonyl (C=O) groups excluding carboxylic acids is 1. The minimum absolute atomic E-state index is 0.235. The molecule has 1 amide bonds. The van der Waals surface area contributed by atoms with Gasteiger partial charge in [-0.05, 0) is 38.5 Å². The minimum atomic E-state index is -5.11. The van der Waals surface area contributed by atoms with Gasteiger partial charge in [-0.15, -0.1) is 0 Å². The number of hydrogen-bond acceptors (Lipinski definition) is 11. The summed E-state index contributed by atoms with van der Waals surface area (Å²) in [5.74, 6) is -0.575. The quantitative estimate of drug-likeness (QED) is 0.0224. The van der Waals surface area contributed by atoms with E-state index in [9.17, 15) is 50.0 Å². The van der Waals surface area contributed by atoms with Gasteiger partial charge in [-0.1, -0.05) is 141 Å². The third-order valence-electron chi connectivity index (χ3n) is 10.1. The smallest absolute Gasteiger partial charge is 0.393 e. The lowest BCUT2D eigenvalue weighted by Crippen LogP contribution is -2.64. The predicted molar refractivity (Wildman–Crippen MR) is 210 cm³/mol. The Balaban J connectivity index is 2.60. The molecule has 0 heterocycles. The Morgan fingerprint density at radius 2 is 1.07 bits per heavy atom. The molecule has 9 N–H and O–H groups in total. The third kappa shape index (κ3) is 23.1. The monoisotopic (exact) mass is 794 g/mol. The van der Waals surface area contributed by atoms with Crippen LogP contribution in [0.4, 0.5) is 0 Å². The van der Waals surface area contributed by atoms with Gasteiger partial charge in [-0.25, -0.2) is 4.57 Å². The molecule has 318 valence electrons. The van der Waals surface area contributed by atoms with Gasteiger partial charge in [0.1, 0.15) is 36.6 Å². The average Bonchev–Trinajstić information content (AvgIpc) is 3.14. The van der Waals surface area contributed by atoms with Crippen molar-refractivity contribution in [1.29, 1.82) is 0 Å². The van der Waals surface area contributed by atoms with Crippen LogP contribution < -0.4 is 5.32 Å². The van der Waals surface area contributed by atoms with E-state index in [1.165, 1.54) is 57.8 Å². The molecule has 0 aliphatic heterocycles. The highest BCUT2D eigenvalue weighted by Crippen LogP contribution is 2.47. The van der Waals surface area contributed by atoms with E-state index in [0.717, 1.165) is 64.2 Å². The summed E-state index contributed by atoms with van der Waals surface area (Å²) in [6.45, 7) is 3.70. The maximum absolute atomic E-state index is 12.9. The first-order valence-electron chi connectivity index (χ1n) is 20.9. The zero-order valence-electron chi connectivity index (χ0n) is 33.1. The van der Waals surface area contributed by atoms with Crippen molar-refractivity contribution in [3.63, 3.8) is 0 Å². The van der Waals surface area contributed by atoms with Gasteiger partial charge >= 0.3 is 7.82 Å². The average molecular weight is 794 g/mol. The summed E-state index contributed by atoms with van der Waals surface area (Å²) in [5.41, 5.74) is 0. The van der Waals surface area contributed by atoms with Crippen LogP contribution in [-0.4, -0.2) is 108 Å². The van der Waals surface area contributed by atoms with Crippen LogP contribution in [0.15, 0.2) is 24.3 Å². The van der Waals surface area contributed by atoms with E-state index >= 15 is 0 Å². The lowest BCUT2D eigenvalue weighted by Gasteiger charge is -2.41. The zero-order valence-corrected chi connectivity index (χ0v) is 34.0. The van der Waals surface area contributed by atoms with Crippen molar-refractivity contribution < 1.29 is 59.0 Å². The summed E-state index contributed by atoms with van der Waals surface area (Å²) in [6, 6.07) is -1.16. The van der Waals surface area contributed by atoms with Crippen molar-refractivity contribution in [3.05, 3.63) is 24.3 Å². The number of unbranched alkanes of at least 4 members (excludes halogenated alkanes) is 17. The number of phosphoric acid groups is 1. The lowest BCUT2D eigenvalue weighted by molar-refractivity contribution is -0.220. The summed E-state index contributed by atoms with van der Waals surface area (Å²) in [5, 5.41) is 74.3. The molecule has 0 saturated heterocycles. The fraction of sp³-hybridized carbons (Fsp3) is 0.875. The number of amides is 1. The topological polar surface area (TPSA) is 226 Å². The minimum Gasteiger partial charge on any atom is -0.393 e. The van der Waals surface area contributed by atoms with Gasteiger partial charge in [0, 0.05) is 0 Å². The Morgan fingerprint density at radius 1 is 0.648 bits per heavy atom. The van der Waals surface area contributed by atoms with E-state index in [1.807, 2.05) is 0 Å². The number of aliphatic hydroxyl groups excluding tert-OH is 7. The van der Waals surface area contributed by atoms with E-state index in [0.29, 0.717) is 12.8 Å². The molecule has 0 spiro atoms.